The zero-order chi connectivity index (χ0) is 20.1. The van der Waals surface area contributed by atoms with Gasteiger partial charge < -0.3 is 9.47 Å². The molecule has 0 atom stereocenters. The van der Waals surface area contributed by atoms with Gasteiger partial charge in [0.15, 0.2) is 11.5 Å². The number of rotatable bonds is 7. The molecule has 1 aliphatic heterocycles. The fourth-order valence-electron chi connectivity index (χ4n) is 3.00. The fraction of sp³-hybridized carbons (Fsp3) is 0.304. The predicted octanol–water partition coefficient (Wildman–Crippen LogP) is 4.99. The third kappa shape index (κ3) is 4.25. The summed E-state index contributed by atoms with van der Waals surface area (Å²) in [5.74, 6) is 1.27. The fourth-order valence-corrected chi connectivity index (χ4v) is 3.00. The summed E-state index contributed by atoms with van der Waals surface area (Å²) < 4.78 is 11.5. The Morgan fingerprint density at radius 2 is 1.86 bits per heavy atom. The Labute approximate surface area is 166 Å². The molecule has 2 aromatic carbocycles. The maximum absolute atomic E-state index is 12.9. The van der Waals surface area contributed by atoms with Crippen LogP contribution in [-0.4, -0.2) is 24.8 Å². The molecule has 1 heterocycles. The molecule has 0 spiro atoms. The van der Waals surface area contributed by atoms with E-state index in [4.69, 9.17) is 9.47 Å². The first-order chi connectivity index (χ1) is 13.5. The molecular formula is C23H26N2O3. The molecule has 0 saturated heterocycles. The Morgan fingerprint density at radius 3 is 2.57 bits per heavy atom. The summed E-state index contributed by atoms with van der Waals surface area (Å²) in [6.45, 7) is 9.02. The third-order valence-electron chi connectivity index (χ3n) is 4.35. The molecule has 3 rings (SSSR count). The van der Waals surface area contributed by atoms with Crippen LogP contribution in [0.2, 0.25) is 0 Å². The van der Waals surface area contributed by atoms with E-state index < -0.39 is 0 Å². The Hall–Kier alpha value is -3.08. The van der Waals surface area contributed by atoms with Crippen molar-refractivity contribution >= 4 is 23.4 Å². The van der Waals surface area contributed by atoms with Crippen molar-refractivity contribution in [2.45, 2.75) is 34.1 Å². The Morgan fingerprint density at radius 1 is 1.04 bits per heavy atom. The summed E-state index contributed by atoms with van der Waals surface area (Å²) >= 11 is 0. The van der Waals surface area contributed by atoms with Crippen LogP contribution in [0.15, 0.2) is 53.1 Å². The van der Waals surface area contributed by atoms with Gasteiger partial charge in [-0.2, -0.15) is 10.1 Å². The van der Waals surface area contributed by atoms with E-state index in [1.165, 1.54) is 5.01 Å². The number of aryl methyl sites for hydroxylation is 1. The van der Waals surface area contributed by atoms with Crippen molar-refractivity contribution in [3.8, 4) is 11.5 Å². The summed E-state index contributed by atoms with van der Waals surface area (Å²) in [4.78, 5) is 12.9. The topological polar surface area (TPSA) is 51.1 Å². The smallest absolute Gasteiger partial charge is 0.280 e. The average molecular weight is 378 g/mol. The van der Waals surface area contributed by atoms with Crippen LogP contribution in [0.25, 0.3) is 6.08 Å². The standard InChI is InChI=1S/C23H26N2O3/c1-5-12-28-21-11-10-18(15-22(21)27-6-2)14-20-17(4)24-25(23(20)26)19-9-7-8-16(3)13-19/h7-11,13-15H,5-6,12H2,1-4H3. The molecule has 0 aromatic heterocycles. The largest absolute Gasteiger partial charge is 0.490 e. The summed E-state index contributed by atoms with van der Waals surface area (Å²) in [5.41, 5.74) is 3.99. The molecule has 0 radical (unpaired) electrons. The van der Waals surface area contributed by atoms with E-state index in [1.807, 2.05) is 69.3 Å². The number of ether oxygens (including phenoxy) is 2. The van der Waals surface area contributed by atoms with Gasteiger partial charge in [0.25, 0.3) is 5.91 Å². The van der Waals surface area contributed by atoms with E-state index in [9.17, 15) is 4.79 Å². The van der Waals surface area contributed by atoms with E-state index in [0.717, 1.165) is 29.0 Å². The lowest BCUT2D eigenvalue weighted by Gasteiger charge is -2.13. The van der Waals surface area contributed by atoms with Crippen LogP contribution in [0.3, 0.4) is 0 Å². The number of carbonyl (C=O) groups is 1. The molecule has 0 bridgehead atoms. The molecule has 0 unspecified atom stereocenters. The lowest BCUT2D eigenvalue weighted by Crippen LogP contribution is -2.21. The molecule has 0 saturated carbocycles. The van der Waals surface area contributed by atoms with Crippen LogP contribution in [0, 0.1) is 6.92 Å². The monoisotopic (exact) mass is 378 g/mol. The highest BCUT2D eigenvalue weighted by Gasteiger charge is 2.28. The number of carbonyl (C=O) groups excluding carboxylic acids is 1. The Kier molecular flexibility index (Phi) is 6.14. The van der Waals surface area contributed by atoms with Gasteiger partial charge >= 0.3 is 0 Å². The molecule has 0 N–H and O–H groups in total. The zero-order valence-corrected chi connectivity index (χ0v) is 16.9. The highest BCUT2D eigenvalue weighted by Crippen LogP contribution is 2.31. The molecule has 5 heteroatoms. The second kappa shape index (κ2) is 8.74. The van der Waals surface area contributed by atoms with E-state index in [-0.39, 0.29) is 5.91 Å². The predicted molar refractivity (Wildman–Crippen MR) is 113 cm³/mol. The summed E-state index contributed by atoms with van der Waals surface area (Å²) in [6.07, 6.45) is 2.78. The van der Waals surface area contributed by atoms with Gasteiger partial charge in [-0.05, 0) is 68.7 Å². The van der Waals surface area contributed by atoms with Crippen LogP contribution >= 0.6 is 0 Å². The van der Waals surface area contributed by atoms with Gasteiger partial charge in [-0.25, -0.2) is 0 Å². The molecule has 5 nitrogen and oxygen atoms in total. The highest BCUT2D eigenvalue weighted by molar-refractivity contribution is 6.32. The lowest BCUT2D eigenvalue weighted by molar-refractivity contribution is -0.114. The number of anilines is 1. The van der Waals surface area contributed by atoms with Crippen molar-refractivity contribution in [1.29, 1.82) is 0 Å². The van der Waals surface area contributed by atoms with Gasteiger partial charge in [0, 0.05) is 0 Å². The van der Waals surface area contributed by atoms with Crippen molar-refractivity contribution in [2.75, 3.05) is 18.2 Å². The number of hydrogen-bond acceptors (Lipinski definition) is 4. The van der Waals surface area contributed by atoms with Gasteiger partial charge in [0.2, 0.25) is 0 Å². The molecular weight excluding hydrogens is 352 g/mol. The van der Waals surface area contributed by atoms with Gasteiger partial charge in [-0.1, -0.05) is 25.1 Å². The minimum Gasteiger partial charge on any atom is -0.490 e. The van der Waals surface area contributed by atoms with Crippen LogP contribution in [0.5, 0.6) is 11.5 Å². The molecule has 0 fully saturated rings. The van der Waals surface area contributed by atoms with Crippen molar-refractivity contribution in [2.24, 2.45) is 5.10 Å². The first-order valence-electron chi connectivity index (χ1n) is 9.61. The van der Waals surface area contributed by atoms with Gasteiger partial charge in [-0.15, -0.1) is 0 Å². The molecule has 0 aliphatic carbocycles. The second-order valence-electron chi connectivity index (χ2n) is 6.69. The van der Waals surface area contributed by atoms with Gasteiger partial charge in [-0.3, -0.25) is 4.79 Å². The van der Waals surface area contributed by atoms with Crippen molar-refractivity contribution in [1.82, 2.24) is 0 Å². The average Bonchev–Trinajstić information content (AvgIpc) is 2.96. The summed E-state index contributed by atoms with van der Waals surface area (Å²) in [7, 11) is 0. The number of hydrogen-bond donors (Lipinski definition) is 0. The first-order valence-corrected chi connectivity index (χ1v) is 9.61. The minimum absolute atomic E-state index is 0.132. The van der Waals surface area contributed by atoms with Crippen molar-refractivity contribution in [3.05, 3.63) is 59.2 Å². The lowest BCUT2D eigenvalue weighted by atomic mass is 10.1. The Balaban J connectivity index is 1.89. The number of hydrazone groups is 1. The van der Waals surface area contributed by atoms with Crippen LogP contribution < -0.4 is 14.5 Å². The maximum Gasteiger partial charge on any atom is 0.280 e. The minimum atomic E-state index is -0.132. The molecule has 28 heavy (non-hydrogen) atoms. The number of nitrogens with zero attached hydrogens (tertiary/aromatic N) is 2. The maximum atomic E-state index is 12.9. The summed E-state index contributed by atoms with van der Waals surface area (Å²) in [5, 5.41) is 5.91. The molecule has 2 aromatic rings. The Bertz CT molecular complexity index is 931. The van der Waals surface area contributed by atoms with Crippen LogP contribution in [0.1, 0.15) is 38.3 Å². The van der Waals surface area contributed by atoms with E-state index >= 15 is 0 Å². The first kappa shape index (κ1) is 19.7. The number of benzene rings is 2. The third-order valence-corrected chi connectivity index (χ3v) is 4.35. The molecule has 1 amide bonds. The quantitative estimate of drug-likeness (QED) is 0.638. The van der Waals surface area contributed by atoms with Crippen LogP contribution in [-0.2, 0) is 4.79 Å². The summed E-state index contributed by atoms with van der Waals surface area (Å²) in [6, 6.07) is 13.5. The van der Waals surface area contributed by atoms with Gasteiger partial charge in [0.1, 0.15) is 0 Å². The van der Waals surface area contributed by atoms with E-state index in [1.54, 1.807) is 0 Å². The molecule has 146 valence electrons. The SMILES string of the molecule is CCCOc1ccc(C=C2C(=O)N(c3cccc(C)c3)N=C2C)cc1OCC. The van der Waals surface area contributed by atoms with Crippen molar-refractivity contribution < 1.29 is 14.3 Å². The van der Waals surface area contributed by atoms with Crippen LogP contribution in [0.4, 0.5) is 5.69 Å². The van der Waals surface area contributed by atoms with E-state index in [2.05, 4.69) is 12.0 Å². The normalized spacial score (nSPS) is 15.1. The molecule has 1 aliphatic rings. The zero-order valence-electron chi connectivity index (χ0n) is 16.9. The highest BCUT2D eigenvalue weighted by atomic mass is 16.5. The van der Waals surface area contributed by atoms with E-state index in [0.29, 0.717) is 30.2 Å². The van der Waals surface area contributed by atoms with Crippen molar-refractivity contribution in [3.63, 3.8) is 0 Å². The second-order valence-corrected chi connectivity index (χ2v) is 6.69. The van der Waals surface area contributed by atoms with Gasteiger partial charge in [0.05, 0.1) is 30.2 Å². The number of amides is 1.